The largest absolute Gasteiger partial charge is 0.495 e. The molecule has 0 amide bonds. The van der Waals surface area contributed by atoms with Crippen molar-refractivity contribution in [2.75, 3.05) is 12.4 Å². The fourth-order valence-electron chi connectivity index (χ4n) is 1.36. The van der Waals surface area contributed by atoms with E-state index in [1.807, 2.05) is 30.3 Å². The van der Waals surface area contributed by atoms with Gasteiger partial charge in [-0.05, 0) is 40.2 Å². The van der Waals surface area contributed by atoms with Crippen molar-refractivity contribution in [2.24, 2.45) is 0 Å². The van der Waals surface area contributed by atoms with Gasteiger partial charge in [-0.3, -0.25) is 0 Å². The number of ether oxygens (including phenoxy) is 1. The highest BCUT2D eigenvalue weighted by atomic mass is 79.9. The smallest absolute Gasteiger partial charge is 0.135 e. The molecule has 0 fully saturated rings. The summed E-state index contributed by atoms with van der Waals surface area (Å²) in [5.74, 6) is 1.46. The van der Waals surface area contributed by atoms with Crippen LogP contribution in [0.25, 0.3) is 0 Å². The Kier molecular flexibility index (Phi) is 3.86. The normalized spacial score (nSPS) is 10.1. The quantitative estimate of drug-likeness (QED) is 0.860. The second-order valence-electron chi connectivity index (χ2n) is 3.32. The Balaban J connectivity index is 2.24. The SMILES string of the molecule is COc1cc(Nc2cccc(Cl)n2)ccc1Br. The van der Waals surface area contributed by atoms with E-state index in [0.29, 0.717) is 11.0 Å². The van der Waals surface area contributed by atoms with Crippen molar-refractivity contribution in [1.29, 1.82) is 0 Å². The van der Waals surface area contributed by atoms with Gasteiger partial charge in [0.2, 0.25) is 0 Å². The summed E-state index contributed by atoms with van der Waals surface area (Å²) in [4.78, 5) is 4.15. The first-order valence-electron chi connectivity index (χ1n) is 4.92. The monoisotopic (exact) mass is 312 g/mol. The Hall–Kier alpha value is -1.26. The van der Waals surface area contributed by atoms with Crippen molar-refractivity contribution in [3.63, 3.8) is 0 Å². The number of rotatable bonds is 3. The van der Waals surface area contributed by atoms with Crippen LogP contribution in [-0.4, -0.2) is 12.1 Å². The summed E-state index contributed by atoms with van der Waals surface area (Å²) in [6.45, 7) is 0. The molecule has 1 heterocycles. The van der Waals surface area contributed by atoms with E-state index in [1.165, 1.54) is 0 Å². The summed E-state index contributed by atoms with van der Waals surface area (Å²) < 4.78 is 6.12. The highest BCUT2D eigenvalue weighted by Crippen LogP contribution is 2.29. The summed E-state index contributed by atoms with van der Waals surface area (Å²) >= 11 is 9.21. The topological polar surface area (TPSA) is 34.1 Å². The molecule has 0 aliphatic carbocycles. The highest BCUT2D eigenvalue weighted by molar-refractivity contribution is 9.10. The molecule has 2 aromatic rings. The number of benzene rings is 1. The molecule has 0 bridgehead atoms. The third-order valence-corrected chi connectivity index (χ3v) is 3.00. The van der Waals surface area contributed by atoms with E-state index in [9.17, 15) is 0 Å². The molecule has 5 heteroatoms. The van der Waals surface area contributed by atoms with E-state index >= 15 is 0 Å². The number of halogens is 2. The summed E-state index contributed by atoms with van der Waals surface area (Å²) in [6.07, 6.45) is 0. The Labute approximate surface area is 113 Å². The molecule has 0 aliphatic heterocycles. The van der Waals surface area contributed by atoms with E-state index in [-0.39, 0.29) is 0 Å². The number of nitrogens with one attached hydrogen (secondary N) is 1. The van der Waals surface area contributed by atoms with Crippen LogP contribution < -0.4 is 10.1 Å². The molecule has 0 saturated heterocycles. The minimum Gasteiger partial charge on any atom is -0.495 e. The van der Waals surface area contributed by atoms with Crippen LogP contribution in [0.4, 0.5) is 11.5 Å². The van der Waals surface area contributed by atoms with Crippen LogP contribution in [0.3, 0.4) is 0 Å². The Morgan fingerprint density at radius 3 is 2.82 bits per heavy atom. The maximum absolute atomic E-state index is 5.81. The predicted molar refractivity (Wildman–Crippen MR) is 73.2 cm³/mol. The van der Waals surface area contributed by atoms with Crippen LogP contribution in [0.15, 0.2) is 40.9 Å². The molecular formula is C12H10BrClN2O. The lowest BCUT2D eigenvalue weighted by Gasteiger charge is -2.08. The van der Waals surface area contributed by atoms with E-state index in [4.69, 9.17) is 16.3 Å². The first-order valence-corrected chi connectivity index (χ1v) is 6.09. The molecule has 0 atom stereocenters. The molecule has 1 aromatic carbocycles. The van der Waals surface area contributed by atoms with Crippen molar-refractivity contribution in [3.8, 4) is 5.75 Å². The maximum Gasteiger partial charge on any atom is 0.135 e. The van der Waals surface area contributed by atoms with Gasteiger partial charge in [-0.15, -0.1) is 0 Å². The number of nitrogens with zero attached hydrogens (tertiary/aromatic N) is 1. The molecule has 3 nitrogen and oxygen atoms in total. The standard InChI is InChI=1S/C12H10BrClN2O/c1-17-10-7-8(5-6-9(10)13)15-12-4-2-3-11(14)16-12/h2-7H,1H3,(H,15,16). The van der Waals surface area contributed by atoms with E-state index < -0.39 is 0 Å². The zero-order valence-corrected chi connectivity index (χ0v) is 11.4. The van der Waals surface area contributed by atoms with Crippen LogP contribution in [0.1, 0.15) is 0 Å². The number of hydrogen-bond acceptors (Lipinski definition) is 3. The summed E-state index contributed by atoms with van der Waals surface area (Å²) in [7, 11) is 1.63. The van der Waals surface area contributed by atoms with Gasteiger partial charge in [0.15, 0.2) is 0 Å². The third-order valence-electron chi connectivity index (χ3n) is 2.14. The van der Waals surface area contributed by atoms with Crippen molar-refractivity contribution in [1.82, 2.24) is 4.98 Å². The van der Waals surface area contributed by atoms with Gasteiger partial charge in [0, 0.05) is 11.8 Å². The molecular weight excluding hydrogens is 304 g/mol. The number of methoxy groups -OCH3 is 1. The third kappa shape index (κ3) is 3.11. The molecule has 2 rings (SSSR count). The average molecular weight is 314 g/mol. The van der Waals surface area contributed by atoms with Gasteiger partial charge in [0.05, 0.1) is 11.6 Å². The molecule has 0 spiro atoms. The minimum absolute atomic E-state index is 0.457. The molecule has 0 saturated carbocycles. The number of anilines is 2. The average Bonchev–Trinajstić information content (AvgIpc) is 2.32. The second kappa shape index (κ2) is 5.38. The van der Waals surface area contributed by atoms with Crippen LogP contribution in [0, 0.1) is 0 Å². The Morgan fingerprint density at radius 1 is 1.29 bits per heavy atom. The molecule has 88 valence electrons. The number of pyridine rings is 1. The van der Waals surface area contributed by atoms with Gasteiger partial charge < -0.3 is 10.1 Å². The van der Waals surface area contributed by atoms with Crippen LogP contribution in [0.5, 0.6) is 5.75 Å². The maximum atomic E-state index is 5.81. The molecule has 0 aliphatic rings. The van der Waals surface area contributed by atoms with Gasteiger partial charge in [0.25, 0.3) is 0 Å². The lowest BCUT2D eigenvalue weighted by atomic mass is 10.3. The van der Waals surface area contributed by atoms with Crippen molar-refractivity contribution in [3.05, 3.63) is 46.0 Å². The molecule has 1 aromatic heterocycles. The van der Waals surface area contributed by atoms with Crippen LogP contribution in [-0.2, 0) is 0 Å². The Morgan fingerprint density at radius 2 is 2.12 bits per heavy atom. The van der Waals surface area contributed by atoms with Gasteiger partial charge >= 0.3 is 0 Å². The van der Waals surface area contributed by atoms with Gasteiger partial charge in [-0.1, -0.05) is 17.7 Å². The van der Waals surface area contributed by atoms with Crippen LogP contribution >= 0.6 is 27.5 Å². The zero-order chi connectivity index (χ0) is 12.3. The molecule has 0 radical (unpaired) electrons. The fraction of sp³-hybridized carbons (Fsp3) is 0.0833. The summed E-state index contributed by atoms with van der Waals surface area (Å²) in [5.41, 5.74) is 0.889. The first-order chi connectivity index (χ1) is 8.19. The highest BCUT2D eigenvalue weighted by Gasteiger charge is 2.02. The van der Waals surface area contributed by atoms with Crippen molar-refractivity contribution in [2.45, 2.75) is 0 Å². The van der Waals surface area contributed by atoms with E-state index in [1.54, 1.807) is 13.2 Å². The zero-order valence-electron chi connectivity index (χ0n) is 9.08. The van der Waals surface area contributed by atoms with E-state index in [0.717, 1.165) is 15.9 Å². The first kappa shape index (κ1) is 12.2. The van der Waals surface area contributed by atoms with Gasteiger partial charge in [0.1, 0.15) is 16.7 Å². The number of aromatic nitrogens is 1. The summed E-state index contributed by atoms with van der Waals surface area (Å²) in [5, 5.41) is 3.61. The lowest BCUT2D eigenvalue weighted by molar-refractivity contribution is 0.412. The van der Waals surface area contributed by atoms with E-state index in [2.05, 4.69) is 26.2 Å². The van der Waals surface area contributed by atoms with Crippen molar-refractivity contribution < 1.29 is 4.74 Å². The number of hydrogen-bond donors (Lipinski definition) is 1. The van der Waals surface area contributed by atoms with Gasteiger partial charge in [-0.25, -0.2) is 4.98 Å². The fourth-order valence-corrected chi connectivity index (χ4v) is 1.94. The Bertz CT molecular complexity index is 534. The molecule has 17 heavy (non-hydrogen) atoms. The second-order valence-corrected chi connectivity index (χ2v) is 4.56. The molecule has 0 unspecified atom stereocenters. The lowest BCUT2D eigenvalue weighted by Crippen LogP contribution is -1.94. The minimum atomic E-state index is 0.457. The summed E-state index contributed by atoms with van der Waals surface area (Å²) in [6, 6.07) is 11.1. The molecule has 1 N–H and O–H groups in total. The van der Waals surface area contributed by atoms with Crippen molar-refractivity contribution >= 4 is 39.0 Å². The predicted octanol–water partition coefficient (Wildman–Crippen LogP) is 4.25. The van der Waals surface area contributed by atoms with Gasteiger partial charge in [-0.2, -0.15) is 0 Å². The van der Waals surface area contributed by atoms with Crippen LogP contribution in [0.2, 0.25) is 5.15 Å².